The lowest BCUT2D eigenvalue weighted by atomic mass is 9.83. The number of carbonyl (C=O) groups is 5. The number of rotatable bonds is 11. The Morgan fingerprint density at radius 3 is 2.29 bits per heavy atom. The lowest BCUT2D eigenvalue weighted by molar-refractivity contribution is -0.157. The number of piperidine rings is 1. The van der Waals surface area contributed by atoms with Gasteiger partial charge in [0.25, 0.3) is 0 Å². The van der Waals surface area contributed by atoms with Crippen molar-refractivity contribution in [1.82, 2.24) is 20.4 Å². The van der Waals surface area contributed by atoms with Gasteiger partial charge in [-0.25, -0.2) is 4.79 Å². The van der Waals surface area contributed by atoms with Gasteiger partial charge in [0.2, 0.25) is 23.6 Å². The molecule has 0 spiro atoms. The minimum atomic E-state index is -1.06. The number of carboxylic acids is 1. The van der Waals surface area contributed by atoms with Crippen LogP contribution in [0.1, 0.15) is 82.3 Å². The average Bonchev–Trinajstić information content (AvgIpc) is 3.03. The van der Waals surface area contributed by atoms with Crippen LogP contribution in [0.3, 0.4) is 0 Å². The largest absolute Gasteiger partial charge is 0.480 e. The molecule has 7 N–H and O–H groups in total. The quantitative estimate of drug-likeness (QED) is 0.136. The smallest absolute Gasteiger partial charge is 0.326 e. The maximum atomic E-state index is 14.5. The molecule has 13 heteroatoms. The fourth-order valence-corrected chi connectivity index (χ4v) is 6.93. The van der Waals surface area contributed by atoms with Gasteiger partial charge >= 0.3 is 5.97 Å². The number of nitrogens with zero attached hydrogens (tertiary/aromatic N) is 3. The van der Waals surface area contributed by atoms with E-state index in [4.69, 9.17) is 11.5 Å². The number of likely N-dealkylation sites (tertiary alicyclic amines) is 1. The zero-order valence-electron chi connectivity index (χ0n) is 26.1. The van der Waals surface area contributed by atoms with Crippen LogP contribution in [0.4, 0.5) is 0 Å². The second kappa shape index (κ2) is 15.7. The van der Waals surface area contributed by atoms with E-state index < -0.39 is 47.9 Å². The molecule has 45 heavy (non-hydrogen) atoms. The Balaban J connectivity index is 1.64. The van der Waals surface area contributed by atoms with Crippen LogP contribution in [-0.2, 0) is 36.9 Å². The van der Waals surface area contributed by atoms with Crippen LogP contribution in [-0.4, -0.2) is 87.7 Å². The van der Waals surface area contributed by atoms with Gasteiger partial charge in [0.1, 0.15) is 24.2 Å². The van der Waals surface area contributed by atoms with Crippen molar-refractivity contribution in [2.45, 2.75) is 108 Å². The lowest BCUT2D eigenvalue weighted by Gasteiger charge is -2.42. The molecule has 0 bridgehead atoms. The van der Waals surface area contributed by atoms with Crippen molar-refractivity contribution in [3.63, 3.8) is 0 Å². The van der Waals surface area contributed by atoms with E-state index in [2.05, 4.69) is 15.6 Å². The average molecular weight is 626 g/mol. The van der Waals surface area contributed by atoms with Gasteiger partial charge in [0, 0.05) is 33.0 Å². The summed E-state index contributed by atoms with van der Waals surface area (Å²) in [6.07, 6.45) is 7.12. The van der Waals surface area contributed by atoms with E-state index in [1.165, 1.54) is 16.7 Å². The monoisotopic (exact) mass is 625 g/mol. The first-order valence-electron chi connectivity index (χ1n) is 16.1. The number of aliphatic carboxylic acids is 1. The SMILES string of the molecule is CC(=O)NC(C(=O)N[C@@H](CCCN=C(N)N)C(=O)N1Cc2ccccc2C[C@H]1C(=O)N1CCCCC1C(=O)O)C1CCCCC1. The molecular formula is C32H47N7O6. The normalized spacial score (nSPS) is 21.5. The van der Waals surface area contributed by atoms with Crippen molar-refractivity contribution in [3.8, 4) is 0 Å². The molecule has 4 atom stereocenters. The Morgan fingerprint density at radius 1 is 0.933 bits per heavy atom. The number of fused-ring (bicyclic) bond motifs is 1. The van der Waals surface area contributed by atoms with Crippen LogP contribution >= 0.6 is 0 Å². The van der Waals surface area contributed by atoms with Gasteiger partial charge in [-0.3, -0.25) is 24.2 Å². The molecule has 1 aliphatic carbocycles. The summed E-state index contributed by atoms with van der Waals surface area (Å²) in [5.74, 6) is -2.83. The van der Waals surface area contributed by atoms with E-state index in [1.54, 1.807) is 0 Å². The fourth-order valence-electron chi connectivity index (χ4n) is 6.93. The van der Waals surface area contributed by atoms with Crippen LogP contribution in [0, 0.1) is 5.92 Å². The van der Waals surface area contributed by atoms with E-state index in [1.807, 2.05) is 24.3 Å². The van der Waals surface area contributed by atoms with Gasteiger partial charge in [-0.15, -0.1) is 0 Å². The van der Waals surface area contributed by atoms with Crippen LogP contribution in [0.5, 0.6) is 0 Å². The number of carbonyl (C=O) groups excluding carboxylic acids is 4. The predicted molar refractivity (Wildman–Crippen MR) is 167 cm³/mol. The third kappa shape index (κ3) is 8.73. The van der Waals surface area contributed by atoms with Crippen LogP contribution in [0.25, 0.3) is 0 Å². The van der Waals surface area contributed by atoms with Crippen molar-refractivity contribution >= 4 is 35.6 Å². The highest BCUT2D eigenvalue weighted by Crippen LogP contribution is 2.29. The first-order valence-corrected chi connectivity index (χ1v) is 16.1. The number of hydrogen-bond acceptors (Lipinski definition) is 6. The van der Waals surface area contributed by atoms with E-state index in [9.17, 15) is 29.1 Å². The number of hydrogen-bond donors (Lipinski definition) is 5. The first kappa shape index (κ1) is 33.7. The van der Waals surface area contributed by atoms with E-state index in [0.717, 1.165) is 43.2 Å². The molecule has 0 radical (unpaired) electrons. The summed E-state index contributed by atoms with van der Waals surface area (Å²) in [7, 11) is 0. The summed E-state index contributed by atoms with van der Waals surface area (Å²) in [6, 6.07) is 3.85. The minimum absolute atomic E-state index is 0.0525. The molecule has 1 aromatic carbocycles. The molecule has 1 saturated heterocycles. The first-order chi connectivity index (χ1) is 21.6. The standard InChI is InChI=1S/C32H47N7O6/c1-20(40)36-27(21-10-3-2-4-11-21)28(41)37-24(14-9-16-35-32(33)34)29(42)39-19-23-13-6-5-12-22(23)18-26(39)30(43)38-17-8-7-15-25(38)31(44)45/h5-6,12-13,21,24-27H,2-4,7-11,14-19H2,1H3,(H,36,40)(H,37,41)(H,44,45)(H4,33,34,35)/t24-,25?,26-,27?/m0/s1. The van der Waals surface area contributed by atoms with Gasteiger partial charge in [0.05, 0.1) is 0 Å². The van der Waals surface area contributed by atoms with Gasteiger partial charge in [-0.2, -0.15) is 0 Å². The molecular weight excluding hydrogens is 578 g/mol. The molecule has 0 aromatic heterocycles. The van der Waals surface area contributed by atoms with Gasteiger partial charge < -0.3 is 37.0 Å². The molecule has 4 rings (SSSR count). The van der Waals surface area contributed by atoms with Crippen molar-refractivity contribution in [2.75, 3.05) is 13.1 Å². The molecule has 1 saturated carbocycles. The number of nitrogens with one attached hydrogen (secondary N) is 2. The summed E-state index contributed by atoms with van der Waals surface area (Å²) in [5, 5.41) is 15.6. The number of amides is 4. The van der Waals surface area contributed by atoms with Crippen LogP contribution in [0.2, 0.25) is 0 Å². The summed E-state index contributed by atoms with van der Waals surface area (Å²) in [6.45, 7) is 2.04. The lowest BCUT2D eigenvalue weighted by Crippen LogP contribution is -2.62. The summed E-state index contributed by atoms with van der Waals surface area (Å²) >= 11 is 0. The molecule has 4 amide bonds. The topological polar surface area (TPSA) is 201 Å². The Bertz CT molecular complexity index is 1280. The highest BCUT2D eigenvalue weighted by Gasteiger charge is 2.43. The van der Waals surface area contributed by atoms with Crippen molar-refractivity contribution in [3.05, 3.63) is 35.4 Å². The number of nitrogens with two attached hydrogens (primary N) is 2. The molecule has 2 heterocycles. The fraction of sp³-hybridized carbons (Fsp3) is 0.625. The zero-order chi connectivity index (χ0) is 32.5. The minimum Gasteiger partial charge on any atom is -0.480 e. The van der Waals surface area contributed by atoms with Gasteiger partial charge in [-0.1, -0.05) is 43.5 Å². The molecule has 246 valence electrons. The second-order valence-electron chi connectivity index (χ2n) is 12.4. The zero-order valence-corrected chi connectivity index (χ0v) is 26.1. The maximum Gasteiger partial charge on any atom is 0.326 e. The molecule has 3 aliphatic rings. The summed E-state index contributed by atoms with van der Waals surface area (Å²) < 4.78 is 0. The molecule has 2 unspecified atom stereocenters. The second-order valence-corrected chi connectivity index (χ2v) is 12.4. The van der Waals surface area contributed by atoms with Gasteiger partial charge in [-0.05, 0) is 62.0 Å². The van der Waals surface area contributed by atoms with E-state index in [0.29, 0.717) is 32.2 Å². The van der Waals surface area contributed by atoms with E-state index in [-0.39, 0.29) is 43.7 Å². The number of guanidine groups is 1. The van der Waals surface area contributed by atoms with Crippen molar-refractivity contribution in [1.29, 1.82) is 0 Å². The highest BCUT2D eigenvalue weighted by atomic mass is 16.4. The van der Waals surface area contributed by atoms with Crippen molar-refractivity contribution in [2.24, 2.45) is 22.4 Å². The maximum absolute atomic E-state index is 14.5. The molecule has 2 fully saturated rings. The number of benzene rings is 1. The molecule has 1 aromatic rings. The van der Waals surface area contributed by atoms with Gasteiger partial charge in [0.15, 0.2) is 5.96 Å². The Hall–Kier alpha value is -4.16. The number of aliphatic imine (C=N–C) groups is 1. The molecule has 13 nitrogen and oxygen atoms in total. The van der Waals surface area contributed by atoms with Crippen molar-refractivity contribution < 1.29 is 29.1 Å². The summed E-state index contributed by atoms with van der Waals surface area (Å²) in [4.78, 5) is 73.4. The van der Waals surface area contributed by atoms with E-state index >= 15 is 0 Å². The van der Waals surface area contributed by atoms with Crippen LogP contribution in [0.15, 0.2) is 29.3 Å². The Kier molecular flexibility index (Phi) is 11.8. The molecule has 2 aliphatic heterocycles. The highest BCUT2D eigenvalue weighted by molar-refractivity contribution is 5.95. The Morgan fingerprint density at radius 2 is 1.62 bits per heavy atom. The summed E-state index contributed by atoms with van der Waals surface area (Å²) in [5.41, 5.74) is 12.8. The Labute approximate surface area is 264 Å². The third-order valence-corrected chi connectivity index (χ3v) is 9.21. The van der Waals surface area contributed by atoms with Crippen LogP contribution < -0.4 is 22.1 Å². The third-order valence-electron chi connectivity index (χ3n) is 9.21. The number of carboxylic acid groups (broad SMARTS) is 1. The predicted octanol–water partition coefficient (Wildman–Crippen LogP) is 1.03.